The number of anilines is 1. The fourth-order valence-electron chi connectivity index (χ4n) is 3.72. The van der Waals surface area contributed by atoms with Crippen molar-refractivity contribution in [3.05, 3.63) is 58.2 Å². The quantitative estimate of drug-likeness (QED) is 0.423. The molecule has 1 saturated carbocycles. The van der Waals surface area contributed by atoms with Crippen LogP contribution < -0.4 is 10.6 Å². The third kappa shape index (κ3) is 4.63. The average molecular weight is 438 g/mol. The maximum Gasteiger partial charge on any atom is 0.278 e. The Balaban J connectivity index is 1.41. The number of nitrogens with zero attached hydrogens (tertiary/aromatic N) is 6. The Labute approximate surface area is 182 Å². The molecule has 1 aliphatic rings. The van der Waals surface area contributed by atoms with Crippen molar-refractivity contribution in [2.45, 2.75) is 45.2 Å². The number of nitrogens with one attached hydrogen (secondary N) is 2. The maximum absolute atomic E-state index is 12.7. The van der Waals surface area contributed by atoms with Crippen LogP contribution in [0.4, 0.5) is 11.4 Å². The Morgan fingerprint density at radius 2 is 2.06 bits per heavy atom. The van der Waals surface area contributed by atoms with E-state index in [1.807, 2.05) is 0 Å². The summed E-state index contributed by atoms with van der Waals surface area (Å²) >= 11 is 0. The number of amides is 2. The Bertz CT molecular complexity index is 1160. The van der Waals surface area contributed by atoms with E-state index in [1.54, 1.807) is 19.2 Å². The van der Waals surface area contributed by atoms with E-state index in [0.29, 0.717) is 17.1 Å². The number of carbonyl (C=O) groups is 2. The summed E-state index contributed by atoms with van der Waals surface area (Å²) in [7, 11) is 0. The predicted octanol–water partition coefficient (Wildman–Crippen LogP) is 1.99. The van der Waals surface area contributed by atoms with E-state index in [-0.39, 0.29) is 29.9 Å². The number of non-ortho nitro benzene ring substituents is 1. The summed E-state index contributed by atoms with van der Waals surface area (Å²) in [5, 5.41) is 28.7. The van der Waals surface area contributed by atoms with Gasteiger partial charge in [0, 0.05) is 24.4 Å². The smallest absolute Gasteiger partial charge is 0.278 e. The largest absolute Gasteiger partial charge is 0.352 e. The number of nitro benzene ring substituents is 1. The van der Waals surface area contributed by atoms with Crippen LogP contribution in [0.25, 0.3) is 5.69 Å². The van der Waals surface area contributed by atoms with Gasteiger partial charge in [-0.25, -0.2) is 4.68 Å². The van der Waals surface area contributed by atoms with Gasteiger partial charge in [0.25, 0.3) is 11.6 Å². The van der Waals surface area contributed by atoms with Crippen LogP contribution >= 0.6 is 0 Å². The van der Waals surface area contributed by atoms with Gasteiger partial charge in [-0.2, -0.15) is 5.10 Å². The van der Waals surface area contributed by atoms with Crippen LogP contribution in [0, 0.1) is 17.0 Å². The van der Waals surface area contributed by atoms with Crippen molar-refractivity contribution in [2.75, 3.05) is 5.32 Å². The summed E-state index contributed by atoms with van der Waals surface area (Å²) < 4.78 is 2.81. The van der Waals surface area contributed by atoms with E-state index in [4.69, 9.17) is 0 Å². The average Bonchev–Trinajstić information content (AvgIpc) is 3.50. The molecule has 12 heteroatoms. The monoisotopic (exact) mass is 438 g/mol. The topological polar surface area (TPSA) is 150 Å². The molecule has 1 aromatic carbocycles. The number of benzene rings is 1. The zero-order valence-electron chi connectivity index (χ0n) is 17.4. The summed E-state index contributed by atoms with van der Waals surface area (Å²) in [6.45, 7) is 1.71. The summed E-state index contributed by atoms with van der Waals surface area (Å²) in [6, 6.07) is 6.12. The van der Waals surface area contributed by atoms with Crippen molar-refractivity contribution >= 4 is 23.2 Å². The normalized spacial score (nSPS) is 13.8. The Kier molecular flexibility index (Phi) is 5.92. The molecule has 12 nitrogen and oxygen atoms in total. The molecule has 0 aliphatic heterocycles. The second-order valence-electron chi connectivity index (χ2n) is 7.64. The molecule has 0 radical (unpaired) electrons. The van der Waals surface area contributed by atoms with Gasteiger partial charge in [0.2, 0.25) is 5.91 Å². The lowest BCUT2D eigenvalue weighted by molar-refractivity contribution is -0.384. The fourth-order valence-corrected chi connectivity index (χ4v) is 3.72. The molecule has 2 heterocycles. The maximum atomic E-state index is 12.7. The van der Waals surface area contributed by atoms with E-state index >= 15 is 0 Å². The van der Waals surface area contributed by atoms with Crippen molar-refractivity contribution in [3.63, 3.8) is 0 Å². The third-order valence-corrected chi connectivity index (χ3v) is 5.31. The zero-order chi connectivity index (χ0) is 22.7. The Morgan fingerprint density at radius 1 is 1.28 bits per heavy atom. The molecule has 2 aromatic heterocycles. The number of hydrogen-bond acceptors (Lipinski definition) is 7. The van der Waals surface area contributed by atoms with Crippen LogP contribution in [0.2, 0.25) is 0 Å². The van der Waals surface area contributed by atoms with Crippen molar-refractivity contribution in [1.82, 2.24) is 30.1 Å². The second-order valence-corrected chi connectivity index (χ2v) is 7.64. The van der Waals surface area contributed by atoms with Crippen molar-refractivity contribution < 1.29 is 14.5 Å². The molecular weight excluding hydrogens is 416 g/mol. The van der Waals surface area contributed by atoms with Crippen molar-refractivity contribution in [3.8, 4) is 5.69 Å². The summed E-state index contributed by atoms with van der Waals surface area (Å²) in [6.07, 6.45) is 7.28. The first-order valence-electron chi connectivity index (χ1n) is 10.2. The molecular formula is C20H22N8O4. The molecule has 2 amide bonds. The van der Waals surface area contributed by atoms with Gasteiger partial charge in [0.1, 0.15) is 6.54 Å². The minimum absolute atomic E-state index is 0.0639. The van der Waals surface area contributed by atoms with E-state index in [0.717, 1.165) is 25.7 Å². The highest BCUT2D eigenvalue weighted by atomic mass is 16.6. The van der Waals surface area contributed by atoms with Crippen LogP contribution in [-0.4, -0.2) is 47.6 Å². The van der Waals surface area contributed by atoms with E-state index < -0.39 is 10.8 Å². The van der Waals surface area contributed by atoms with Gasteiger partial charge in [0.15, 0.2) is 5.69 Å². The van der Waals surface area contributed by atoms with Gasteiger partial charge in [-0.05, 0) is 25.8 Å². The second kappa shape index (κ2) is 8.96. The van der Waals surface area contributed by atoms with E-state index in [9.17, 15) is 19.7 Å². The third-order valence-electron chi connectivity index (χ3n) is 5.31. The summed E-state index contributed by atoms with van der Waals surface area (Å²) in [5.41, 5.74) is 1.24. The highest BCUT2D eigenvalue weighted by Crippen LogP contribution is 2.19. The number of rotatable bonds is 7. The van der Waals surface area contributed by atoms with Crippen molar-refractivity contribution in [2.24, 2.45) is 0 Å². The number of hydrogen-bond donors (Lipinski definition) is 2. The fraction of sp³-hybridized carbons (Fsp3) is 0.350. The first kappa shape index (κ1) is 21.2. The molecule has 1 aliphatic carbocycles. The predicted molar refractivity (Wildman–Crippen MR) is 113 cm³/mol. The Hall–Kier alpha value is -4.09. The van der Waals surface area contributed by atoms with E-state index in [1.165, 1.54) is 33.8 Å². The van der Waals surface area contributed by atoms with Crippen molar-refractivity contribution in [1.29, 1.82) is 0 Å². The molecule has 2 N–H and O–H groups in total. The molecule has 1 fully saturated rings. The number of nitro groups is 1. The SMILES string of the molecule is Cc1c(C(=O)Nc2cnn(CC(=O)NC3CCCC3)c2)nnn1-c1cccc([N+](=O)[O-])c1. The van der Waals surface area contributed by atoms with Gasteiger partial charge in [-0.3, -0.25) is 24.4 Å². The van der Waals surface area contributed by atoms with Gasteiger partial charge >= 0.3 is 0 Å². The molecule has 3 aromatic rings. The molecule has 0 unspecified atom stereocenters. The van der Waals surface area contributed by atoms with Gasteiger partial charge in [0.05, 0.1) is 28.2 Å². The first-order chi connectivity index (χ1) is 15.4. The minimum atomic E-state index is -0.505. The molecule has 166 valence electrons. The summed E-state index contributed by atoms with van der Waals surface area (Å²) in [4.78, 5) is 35.3. The van der Waals surface area contributed by atoms with E-state index in [2.05, 4.69) is 26.0 Å². The standard InChI is InChI=1S/C20H22N8O4/c1-13-19(24-25-27(13)16-7-4-8-17(9-16)28(31)32)20(30)23-15-10-21-26(11-15)12-18(29)22-14-5-2-3-6-14/h4,7-11,14H,2-3,5-6,12H2,1H3,(H,22,29)(H,23,30). The summed E-state index contributed by atoms with van der Waals surface area (Å²) in [5.74, 6) is -0.622. The number of aromatic nitrogens is 5. The molecule has 4 rings (SSSR count). The van der Waals surface area contributed by atoms with Crippen LogP contribution in [0.5, 0.6) is 0 Å². The Morgan fingerprint density at radius 3 is 2.81 bits per heavy atom. The van der Waals surface area contributed by atoms with Crippen LogP contribution in [0.15, 0.2) is 36.7 Å². The molecule has 32 heavy (non-hydrogen) atoms. The zero-order valence-corrected chi connectivity index (χ0v) is 17.4. The van der Waals surface area contributed by atoms with Gasteiger partial charge in [-0.15, -0.1) is 5.10 Å². The molecule has 0 saturated heterocycles. The lowest BCUT2D eigenvalue weighted by atomic mass is 10.2. The first-order valence-corrected chi connectivity index (χ1v) is 10.2. The van der Waals surface area contributed by atoms with Gasteiger partial charge < -0.3 is 10.6 Å². The molecule has 0 bridgehead atoms. The molecule has 0 spiro atoms. The highest BCUT2D eigenvalue weighted by Gasteiger charge is 2.20. The van der Waals surface area contributed by atoms with Crippen LogP contribution in [0.1, 0.15) is 41.9 Å². The highest BCUT2D eigenvalue weighted by molar-refractivity contribution is 6.03. The molecule has 0 atom stereocenters. The van der Waals surface area contributed by atoms with Crippen LogP contribution in [-0.2, 0) is 11.3 Å². The van der Waals surface area contributed by atoms with Crippen LogP contribution in [0.3, 0.4) is 0 Å². The van der Waals surface area contributed by atoms with Gasteiger partial charge in [-0.1, -0.05) is 24.1 Å². The minimum Gasteiger partial charge on any atom is -0.352 e. The number of carbonyl (C=O) groups excluding carboxylic acids is 2. The lowest BCUT2D eigenvalue weighted by Crippen LogP contribution is -2.35. The lowest BCUT2D eigenvalue weighted by Gasteiger charge is -2.11.